The molecule has 3 rings (SSSR count). The van der Waals surface area contributed by atoms with Crippen LogP contribution in [-0.2, 0) is 0 Å². The topological polar surface area (TPSA) is 23.6 Å². The van der Waals surface area contributed by atoms with E-state index in [1.165, 1.54) is 6.07 Å². The van der Waals surface area contributed by atoms with Crippen molar-refractivity contribution in [3.63, 3.8) is 0 Å². The lowest BCUT2D eigenvalue weighted by molar-refractivity contribution is 0.0542. The van der Waals surface area contributed by atoms with Crippen molar-refractivity contribution < 1.29 is 9.18 Å². The van der Waals surface area contributed by atoms with Crippen molar-refractivity contribution in [3.8, 4) is 11.1 Å². The summed E-state index contributed by atoms with van der Waals surface area (Å²) in [6.45, 7) is 4.43. The number of hydrogen-bond acceptors (Lipinski definition) is 2. The number of carbonyl (C=O) groups is 1. The molecule has 1 aliphatic rings. The molecule has 1 amide bonds. The van der Waals surface area contributed by atoms with Crippen molar-refractivity contribution in [1.82, 2.24) is 9.80 Å². The van der Waals surface area contributed by atoms with Crippen LogP contribution in [0, 0.1) is 5.82 Å². The first kappa shape index (κ1) is 16.7. The molecule has 1 aliphatic heterocycles. The van der Waals surface area contributed by atoms with Crippen LogP contribution in [0.25, 0.3) is 11.1 Å². The first-order chi connectivity index (χ1) is 11.6. The molecule has 0 N–H and O–H groups in total. The van der Waals surface area contributed by atoms with E-state index in [-0.39, 0.29) is 11.7 Å². The van der Waals surface area contributed by atoms with Crippen LogP contribution in [0.3, 0.4) is 0 Å². The van der Waals surface area contributed by atoms with Gasteiger partial charge in [-0.25, -0.2) is 4.39 Å². The maximum absolute atomic E-state index is 14.2. The third-order valence-corrected chi connectivity index (χ3v) is 4.86. The molecule has 0 unspecified atom stereocenters. The van der Waals surface area contributed by atoms with Crippen molar-refractivity contribution in [1.29, 1.82) is 0 Å². The van der Waals surface area contributed by atoms with Gasteiger partial charge in [-0.2, -0.15) is 0 Å². The highest BCUT2D eigenvalue weighted by Gasteiger charge is 2.28. The first-order valence-corrected chi connectivity index (χ1v) is 8.45. The minimum atomic E-state index is -0.303. The Kier molecular flexibility index (Phi) is 4.95. The molecular weight excluding hydrogens is 303 g/mol. The molecule has 0 bridgehead atoms. The second kappa shape index (κ2) is 7.14. The lowest BCUT2D eigenvalue weighted by Crippen LogP contribution is -2.53. The number of amides is 1. The fraction of sp³-hybridized carbons (Fsp3) is 0.350. The molecule has 0 aromatic heterocycles. The molecule has 0 saturated carbocycles. The normalized spacial score (nSPS) is 18.6. The Morgan fingerprint density at radius 3 is 2.46 bits per heavy atom. The summed E-state index contributed by atoms with van der Waals surface area (Å²) in [5, 5.41) is 0. The Labute approximate surface area is 142 Å². The number of hydrogen-bond donors (Lipinski definition) is 0. The molecule has 0 spiro atoms. The highest BCUT2D eigenvalue weighted by atomic mass is 19.1. The van der Waals surface area contributed by atoms with Crippen LogP contribution < -0.4 is 0 Å². The van der Waals surface area contributed by atoms with E-state index in [9.17, 15) is 9.18 Å². The number of rotatable bonds is 3. The quantitative estimate of drug-likeness (QED) is 0.859. The van der Waals surface area contributed by atoms with Gasteiger partial charge in [-0.05, 0) is 31.2 Å². The van der Waals surface area contributed by atoms with E-state index in [0.717, 1.165) is 19.5 Å². The van der Waals surface area contributed by atoms with Crippen molar-refractivity contribution in [2.75, 3.05) is 26.7 Å². The Hall–Kier alpha value is -2.20. The molecule has 126 valence electrons. The lowest BCUT2D eigenvalue weighted by atomic mass is 9.97. The monoisotopic (exact) mass is 326 g/mol. The summed E-state index contributed by atoms with van der Waals surface area (Å²) in [4.78, 5) is 17.3. The van der Waals surface area contributed by atoms with Crippen LogP contribution in [0.15, 0.2) is 48.5 Å². The largest absolute Gasteiger partial charge is 0.336 e. The molecule has 1 fully saturated rings. The lowest BCUT2D eigenvalue weighted by Gasteiger charge is -2.39. The van der Waals surface area contributed by atoms with Gasteiger partial charge in [0.15, 0.2) is 0 Å². The molecule has 2 aromatic carbocycles. The Balaban J connectivity index is 1.93. The van der Waals surface area contributed by atoms with E-state index < -0.39 is 0 Å². The van der Waals surface area contributed by atoms with Gasteiger partial charge in [0.2, 0.25) is 0 Å². The minimum Gasteiger partial charge on any atom is -0.336 e. The second-order valence-electron chi connectivity index (χ2n) is 6.32. The predicted molar refractivity (Wildman–Crippen MR) is 94.4 cm³/mol. The van der Waals surface area contributed by atoms with Gasteiger partial charge in [0.1, 0.15) is 5.82 Å². The molecule has 0 aliphatic carbocycles. The van der Waals surface area contributed by atoms with Gasteiger partial charge in [0.25, 0.3) is 5.91 Å². The molecule has 24 heavy (non-hydrogen) atoms. The molecular formula is C20H23FN2O. The predicted octanol–water partition coefficient (Wildman–Crippen LogP) is 3.66. The van der Waals surface area contributed by atoms with Gasteiger partial charge in [-0.1, -0.05) is 43.3 Å². The van der Waals surface area contributed by atoms with Crippen molar-refractivity contribution in [2.45, 2.75) is 19.4 Å². The Morgan fingerprint density at radius 1 is 1.08 bits per heavy atom. The Bertz CT molecular complexity index is 731. The molecule has 1 saturated heterocycles. The number of likely N-dealkylation sites (N-methyl/N-ethyl adjacent to an activating group) is 1. The van der Waals surface area contributed by atoms with Crippen LogP contribution in [0.4, 0.5) is 4.39 Å². The van der Waals surface area contributed by atoms with Gasteiger partial charge in [-0.15, -0.1) is 0 Å². The summed E-state index contributed by atoms with van der Waals surface area (Å²) in [6.07, 6.45) is 1.01. The highest BCUT2D eigenvalue weighted by Crippen LogP contribution is 2.27. The molecule has 1 atom stereocenters. The molecule has 1 heterocycles. The number of nitrogens with zero attached hydrogens (tertiary/aromatic N) is 2. The molecule has 4 heteroatoms. The van der Waals surface area contributed by atoms with Gasteiger partial charge < -0.3 is 4.90 Å². The SMILES string of the molecule is CC[C@H]1CN(C(=O)c2ccccc2-c2ccccc2F)CCN1C. The maximum Gasteiger partial charge on any atom is 0.254 e. The van der Waals surface area contributed by atoms with E-state index in [1.807, 2.05) is 23.1 Å². The van der Waals surface area contributed by atoms with Crippen molar-refractivity contribution in [3.05, 3.63) is 59.9 Å². The zero-order valence-corrected chi connectivity index (χ0v) is 14.2. The third-order valence-electron chi connectivity index (χ3n) is 4.86. The average Bonchev–Trinajstić information content (AvgIpc) is 2.62. The summed E-state index contributed by atoms with van der Waals surface area (Å²) in [7, 11) is 2.10. The Morgan fingerprint density at radius 2 is 1.75 bits per heavy atom. The van der Waals surface area contributed by atoms with Gasteiger partial charge >= 0.3 is 0 Å². The third kappa shape index (κ3) is 3.20. The first-order valence-electron chi connectivity index (χ1n) is 8.45. The van der Waals surface area contributed by atoms with Crippen LogP contribution in [0.2, 0.25) is 0 Å². The van der Waals surface area contributed by atoms with Gasteiger partial charge in [-0.3, -0.25) is 9.69 Å². The zero-order chi connectivity index (χ0) is 17.1. The fourth-order valence-corrected chi connectivity index (χ4v) is 3.33. The van der Waals surface area contributed by atoms with E-state index in [0.29, 0.717) is 29.3 Å². The van der Waals surface area contributed by atoms with E-state index in [2.05, 4.69) is 18.9 Å². The van der Waals surface area contributed by atoms with Crippen LogP contribution in [0.5, 0.6) is 0 Å². The summed E-state index contributed by atoms with van der Waals surface area (Å²) in [5.74, 6) is -0.317. The summed E-state index contributed by atoms with van der Waals surface area (Å²) in [6, 6.07) is 14.3. The summed E-state index contributed by atoms with van der Waals surface area (Å²) in [5.41, 5.74) is 1.71. The van der Waals surface area contributed by atoms with Crippen LogP contribution in [0.1, 0.15) is 23.7 Å². The number of piperazine rings is 1. The number of benzene rings is 2. The maximum atomic E-state index is 14.2. The second-order valence-corrected chi connectivity index (χ2v) is 6.32. The highest BCUT2D eigenvalue weighted by molar-refractivity contribution is 6.01. The average molecular weight is 326 g/mol. The van der Waals surface area contributed by atoms with E-state index >= 15 is 0 Å². The molecule has 0 radical (unpaired) electrons. The summed E-state index contributed by atoms with van der Waals surface area (Å²) < 4.78 is 14.2. The van der Waals surface area contributed by atoms with Gasteiger partial charge in [0, 0.05) is 36.8 Å². The minimum absolute atomic E-state index is 0.0135. The van der Waals surface area contributed by atoms with Crippen molar-refractivity contribution in [2.24, 2.45) is 0 Å². The van der Waals surface area contributed by atoms with E-state index in [1.54, 1.807) is 24.3 Å². The standard InChI is InChI=1S/C20H23FN2O/c1-3-15-14-23(13-12-22(15)2)20(24)18-10-5-4-8-16(18)17-9-6-7-11-19(17)21/h4-11,15H,3,12-14H2,1-2H3/t15-/m0/s1. The number of carbonyl (C=O) groups excluding carboxylic acids is 1. The number of halogens is 1. The summed E-state index contributed by atoms with van der Waals surface area (Å²) >= 11 is 0. The smallest absolute Gasteiger partial charge is 0.254 e. The fourth-order valence-electron chi connectivity index (χ4n) is 3.33. The van der Waals surface area contributed by atoms with Crippen LogP contribution >= 0.6 is 0 Å². The van der Waals surface area contributed by atoms with Crippen molar-refractivity contribution >= 4 is 5.91 Å². The van der Waals surface area contributed by atoms with Gasteiger partial charge in [0.05, 0.1) is 0 Å². The molecule has 2 aromatic rings. The molecule has 3 nitrogen and oxygen atoms in total. The zero-order valence-electron chi connectivity index (χ0n) is 14.2. The van der Waals surface area contributed by atoms with E-state index in [4.69, 9.17) is 0 Å². The van der Waals surface area contributed by atoms with Crippen LogP contribution in [-0.4, -0.2) is 48.4 Å².